The number of aromatic carboxylic acids is 4. The molecule has 0 aliphatic carbocycles. The number of carboxylic acid groups (broad SMARTS) is 4. The number of ether oxygens (including phenoxy) is 1. The summed E-state index contributed by atoms with van der Waals surface area (Å²) in [5, 5.41) is 47.7. The van der Waals surface area contributed by atoms with Gasteiger partial charge in [0.25, 0.3) is 0 Å². The van der Waals surface area contributed by atoms with Gasteiger partial charge in [-0.25, -0.2) is 19.2 Å². The zero-order chi connectivity index (χ0) is 23.6. The molecule has 0 atom stereocenters. The Labute approximate surface area is 179 Å². The molecule has 3 aromatic carbocycles. The quantitative estimate of drug-likeness (QED) is 0.365. The summed E-state index contributed by atoms with van der Waals surface area (Å²) in [6.07, 6.45) is 0. The summed E-state index contributed by atoms with van der Waals surface area (Å²) in [5.74, 6) is -6.91. The van der Waals surface area contributed by atoms with Crippen LogP contribution in [0.1, 0.15) is 41.4 Å². The van der Waals surface area contributed by atoms with E-state index < -0.39 is 46.1 Å². The van der Waals surface area contributed by atoms with Gasteiger partial charge in [-0.05, 0) is 36.4 Å². The molecule has 0 aliphatic rings. The normalized spacial score (nSPS) is 10.4. The standard InChI is InChI=1S/C22H14O10/c23-10-7-8-15(32-16-6-2-5-13(20(26)27)18(16)22(30)31)14(9-10)11-3-1-4-12(19(24)25)17(11)21(28)29/h1-9,23H,(H,24,25)(H,26,27)(H,28,29)(H,30,31). The lowest BCUT2D eigenvalue weighted by atomic mass is 9.94. The van der Waals surface area contributed by atoms with Crippen LogP contribution in [-0.4, -0.2) is 49.4 Å². The van der Waals surface area contributed by atoms with Crippen LogP contribution in [0.15, 0.2) is 54.6 Å². The summed E-state index contributed by atoms with van der Waals surface area (Å²) < 4.78 is 5.64. The van der Waals surface area contributed by atoms with Crippen molar-refractivity contribution in [1.29, 1.82) is 0 Å². The van der Waals surface area contributed by atoms with Crippen LogP contribution in [0.4, 0.5) is 0 Å². The van der Waals surface area contributed by atoms with E-state index in [1.165, 1.54) is 36.4 Å². The average Bonchev–Trinajstić information content (AvgIpc) is 2.73. The van der Waals surface area contributed by atoms with E-state index in [1.54, 1.807) is 0 Å². The minimum Gasteiger partial charge on any atom is -0.508 e. The van der Waals surface area contributed by atoms with E-state index in [9.17, 15) is 44.7 Å². The Hall–Kier alpha value is -4.86. The number of phenols is 1. The molecule has 0 amide bonds. The average molecular weight is 438 g/mol. The highest BCUT2D eigenvalue weighted by Crippen LogP contribution is 2.39. The molecule has 0 saturated carbocycles. The second-order valence-corrected chi connectivity index (χ2v) is 6.41. The molecule has 0 aliphatic heterocycles. The van der Waals surface area contributed by atoms with Gasteiger partial charge in [0.05, 0.1) is 16.7 Å². The Balaban J connectivity index is 2.26. The molecule has 3 rings (SSSR count). The van der Waals surface area contributed by atoms with Crippen molar-refractivity contribution in [3.8, 4) is 28.4 Å². The van der Waals surface area contributed by atoms with E-state index in [1.807, 2.05) is 0 Å². The lowest BCUT2D eigenvalue weighted by Crippen LogP contribution is -2.11. The number of phenolic OH excluding ortho intramolecular Hbond substituents is 1. The highest BCUT2D eigenvalue weighted by molar-refractivity contribution is 6.07. The van der Waals surface area contributed by atoms with Crippen LogP contribution in [0, 0.1) is 0 Å². The third-order valence-corrected chi connectivity index (χ3v) is 4.45. The zero-order valence-corrected chi connectivity index (χ0v) is 16.0. The number of carboxylic acids is 4. The monoisotopic (exact) mass is 438 g/mol. The number of benzene rings is 3. The first-order chi connectivity index (χ1) is 15.1. The lowest BCUT2D eigenvalue weighted by molar-refractivity contribution is 0.0649. The first kappa shape index (κ1) is 21.8. The summed E-state index contributed by atoms with van der Waals surface area (Å²) in [5.41, 5.74) is -2.43. The highest BCUT2D eigenvalue weighted by atomic mass is 16.5. The smallest absolute Gasteiger partial charge is 0.340 e. The third-order valence-electron chi connectivity index (χ3n) is 4.45. The van der Waals surface area contributed by atoms with Crippen molar-refractivity contribution in [1.82, 2.24) is 0 Å². The van der Waals surface area contributed by atoms with E-state index in [2.05, 4.69) is 0 Å². The Morgan fingerprint density at radius 3 is 1.72 bits per heavy atom. The van der Waals surface area contributed by atoms with E-state index in [-0.39, 0.29) is 28.4 Å². The first-order valence-corrected chi connectivity index (χ1v) is 8.82. The molecule has 5 N–H and O–H groups in total. The van der Waals surface area contributed by atoms with Gasteiger partial charge in [0.2, 0.25) is 0 Å². The first-order valence-electron chi connectivity index (χ1n) is 8.82. The van der Waals surface area contributed by atoms with Crippen LogP contribution < -0.4 is 4.74 Å². The Kier molecular flexibility index (Phi) is 5.79. The molecule has 0 heterocycles. The summed E-state index contributed by atoms with van der Waals surface area (Å²) in [4.78, 5) is 46.4. The fourth-order valence-corrected chi connectivity index (χ4v) is 3.14. The molecule has 0 spiro atoms. The van der Waals surface area contributed by atoms with Crippen molar-refractivity contribution in [3.05, 3.63) is 76.9 Å². The number of hydrogen-bond acceptors (Lipinski definition) is 6. The summed E-state index contributed by atoms with van der Waals surface area (Å²) in [6.45, 7) is 0. The largest absolute Gasteiger partial charge is 0.508 e. The maximum atomic E-state index is 11.8. The van der Waals surface area contributed by atoms with Crippen molar-refractivity contribution in [2.75, 3.05) is 0 Å². The van der Waals surface area contributed by atoms with Gasteiger partial charge in [0, 0.05) is 11.1 Å². The van der Waals surface area contributed by atoms with Gasteiger partial charge in [0.1, 0.15) is 22.8 Å². The zero-order valence-electron chi connectivity index (χ0n) is 16.0. The summed E-state index contributed by atoms with van der Waals surface area (Å²) in [7, 11) is 0. The van der Waals surface area contributed by atoms with Gasteiger partial charge in [-0.1, -0.05) is 18.2 Å². The molecule has 0 fully saturated rings. The molecular formula is C22H14O10. The highest BCUT2D eigenvalue weighted by Gasteiger charge is 2.25. The van der Waals surface area contributed by atoms with Crippen LogP contribution >= 0.6 is 0 Å². The predicted molar refractivity (Wildman–Crippen MR) is 108 cm³/mol. The molecule has 32 heavy (non-hydrogen) atoms. The molecule has 0 saturated heterocycles. The van der Waals surface area contributed by atoms with E-state index >= 15 is 0 Å². The topological polar surface area (TPSA) is 179 Å². The van der Waals surface area contributed by atoms with Gasteiger partial charge in [0.15, 0.2) is 0 Å². The Bertz CT molecular complexity index is 1280. The number of hydrogen-bond donors (Lipinski definition) is 5. The minimum absolute atomic E-state index is 0.0532. The van der Waals surface area contributed by atoms with Crippen LogP contribution in [0.5, 0.6) is 17.2 Å². The van der Waals surface area contributed by atoms with E-state index in [0.717, 1.165) is 18.2 Å². The van der Waals surface area contributed by atoms with Crippen LogP contribution in [0.25, 0.3) is 11.1 Å². The van der Waals surface area contributed by atoms with Gasteiger partial charge < -0.3 is 30.3 Å². The summed E-state index contributed by atoms with van der Waals surface area (Å²) in [6, 6.07) is 10.7. The van der Waals surface area contributed by atoms with Gasteiger partial charge in [-0.15, -0.1) is 0 Å². The molecule has 0 bridgehead atoms. The van der Waals surface area contributed by atoms with Crippen LogP contribution in [0.2, 0.25) is 0 Å². The maximum Gasteiger partial charge on any atom is 0.340 e. The van der Waals surface area contributed by atoms with Gasteiger partial charge >= 0.3 is 23.9 Å². The fourth-order valence-electron chi connectivity index (χ4n) is 3.14. The van der Waals surface area contributed by atoms with Crippen LogP contribution in [0.3, 0.4) is 0 Å². The number of rotatable bonds is 7. The summed E-state index contributed by atoms with van der Waals surface area (Å²) >= 11 is 0. The molecule has 10 heteroatoms. The van der Waals surface area contributed by atoms with Gasteiger partial charge in [-0.3, -0.25) is 0 Å². The van der Waals surface area contributed by atoms with Gasteiger partial charge in [-0.2, -0.15) is 0 Å². The molecule has 3 aromatic rings. The van der Waals surface area contributed by atoms with E-state index in [0.29, 0.717) is 0 Å². The van der Waals surface area contributed by atoms with Crippen molar-refractivity contribution in [2.45, 2.75) is 0 Å². The predicted octanol–water partition coefficient (Wildman–Crippen LogP) is 3.64. The number of carbonyl (C=O) groups is 4. The second kappa shape index (κ2) is 8.48. The van der Waals surface area contributed by atoms with Crippen molar-refractivity contribution < 1.29 is 49.4 Å². The number of aromatic hydroxyl groups is 1. The Morgan fingerprint density at radius 2 is 1.16 bits per heavy atom. The third kappa shape index (κ3) is 4.05. The molecule has 10 nitrogen and oxygen atoms in total. The van der Waals surface area contributed by atoms with E-state index in [4.69, 9.17) is 4.74 Å². The molecule has 0 aromatic heterocycles. The molecular weight excluding hydrogens is 424 g/mol. The molecule has 0 unspecified atom stereocenters. The fraction of sp³-hybridized carbons (Fsp3) is 0. The van der Waals surface area contributed by atoms with Crippen molar-refractivity contribution >= 4 is 23.9 Å². The van der Waals surface area contributed by atoms with Crippen molar-refractivity contribution in [3.63, 3.8) is 0 Å². The lowest BCUT2D eigenvalue weighted by Gasteiger charge is -2.16. The Morgan fingerprint density at radius 1 is 0.594 bits per heavy atom. The maximum absolute atomic E-state index is 11.8. The molecule has 0 radical (unpaired) electrons. The second-order valence-electron chi connectivity index (χ2n) is 6.41. The van der Waals surface area contributed by atoms with Crippen LogP contribution in [-0.2, 0) is 0 Å². The van der Waals surface area contributed by atoms with Crippen molar-refractivity contribution in [2.24, 2.45) is 0 Å². The minimum atomic E-state index is -1.57. The SMILES string of the molecule is O=C(O)c1cccc(Oc2ccc(O)cc2-c2cccc(C(=O)O)c2C(=O)O)c1C(=O)O. The molecule has 162 valence electrons.